The molecule has 0 aliphatic carbocycles. The summed E-state index contributed by atoms with van der Waals surface area (Å²) < 4.78 is 0. The summed E-state index contributed by atoms with van der Waals surface area (Å²) >= 11 is 1.57. The van der Waals surface area contributed by atoms with E-state index in [9.17, 15) is 4.79 Å². The molecule has 0 spiro atoms. The smallest absolute Gasteiger partial charge is 0.169 e. The number of hydrogen-bond acceptors (Lipinski definition) is 8. The van der Waals surface area contributed by atoms with Gasteiger partial charge in [-0.05, 0) is 43.6 Å². The van der Waals surface area contributed by atoms with E-state index in [0.29, 0.717) is 5.56 Å². The molecule has 5 rings (SSSR count). The third-order valence-electron chi connectivity index (χ3n) is 5.79. The third kappa shape index (κ3) is 4.37. The molecule has 162 valence electrons. The van der Waals surface area contributed by atoms with Crippen LogP contribution in [-0.4, -0.2) is 64.1 Å². The molecule has 0 N–H and O–H groups in total. The molecule has 32 heavy (non-hydrogen) atoms. The van der Waals surface area contributed by atoms with Crippen molar-refractivity contribution in [3.63, 3.8) is 0 Å². The molecule has 4 aromatic rings. The number of pyridine rings is 2. The summed E-state index contributed by atoms with van der Waals surface area (Å²) in [4.78, 5) is 26.6. The summed E-state index contributed by atoms with van der Waals surface area (Å²) in [5.74, 6) is 0.915. The zero-order chi connectivity index (χ0) is 22.1. The van der Waals surface area contributed by atoms with Crippen LogP contribution in [0.5, 0.6) is 0 Å². The molecule has 0 amide bonds. The third-order valence-corrected chi connectivity index (χ3v) is 6.68. The molecule has 1 aromatic carbocycles. The van der Waals surface area contributed by atoms with Gasteiger partial charge in [-0.15, -0.1) is 10.2 Å². The van der Waals surface area contributed by atoms with Crippen molar-refractivity contribution in [2.45, 2.75) is 13.3 Å². The molecular weight excluding hydrogens is 420 g/mol. The van der Waals surface area contributed by atoms with E-state index in [1.807, 2.05) is 37.4 Å². The molecule has 0 bridgehead atoms. The second-order valence-electron chi connectivity index (χ2n) is 8.16. The molecule has 0 atom stereocenters. The highest BCUT2D eigenvalue weighted by atomic mass is 32.1. The number of aromatic nitrogens is 4. The summed E-state index contributed by atoms with van der Waals surface area (Å²) in [6, 6.07) is 11.8. The maximum absolute atomic E-state index is 13.0. The van der Waals surface area contributed by atoms with E-state index in [4.69, 9.17) is 0 Å². The Labute approximate surface area is 190 Å². The molecule has 1 fully saturated rings. The lowest BCUT2D eigenvalue weighted by molar-refractivity contribution is 0.0992. The Morgan fingerprint density at radius 3 is 2.62 bits per heavy atom. The molecule has 0 saturated carbocycles. The number of carbonyl (C=O) groups is 1. The summed E-state index contributed by atoms with van der Waals surface area (Å²) in [6.45, 7) is 5.79. The van der Waals surface area contributed by atoms with Gasteiger partial charge in [0, 0.05) is 60.8 Å². The topological polar surface area (TPSA) is 75.1 Å². The molecule has 3 aromatic heterocycles. The van der Waals surface area contributed by atoms with E-state index < -0.39 is 0 Å². The molecule has 0 unspecified atom stereocenters. The van der Waals surface area contributed by atoms with Crippen LogP contribution >= 0.6 is 11.3 Å². The highest BCUT2D eigenvalue weighted by Crippen LogP contribution is 2.27. The minimum Gasteiger partial charge on any atom is -0.354 e. The van der Waals surface area contributed by atoms with Crippen LogP contribution in [0.2, 0.25) is 0 Å². The lowest BCUT2D eigenvalue weighted by atomic mass is 10.0. The molecule has 1 aliphatic heterocycles. The van der Waals surface area contributed by atoms with Crippen molar-refractivity contribution in [1.82, 2.24) is 25.1 Å². The first-order valence-electron chi connectivity index (χ1n) is 10.7. The van der Waals surface area contributed by atoms with Crippen LogP contribution in [0.3, 0.4) is 0 Å². The Kier molecular flexibility index (Phi) is 5.63. The number of rotatable bonds is 5. The Hall–Kier alpha value is -3.23. The fraction of sp³-hybridized carbons (Fsp3) is 0.292. The molecule has 7 nitrogen and oxygen atoms in total. The fourth-order valence-corrected chi connectivity index (χ4v) is 4.58. The van der Waals surface area contributed by atoms with Gasteiger partial charge in [-0.2, -0.15) is 0 Å². The number of Topliss-reactive ketones (excluding diaryl/α,β-unsaturated/α-hetero) is 1. The Morgan fingerprint density at radius 1 is 1.00 bits per heavy atom. The van der Waals surface area contributed by atoms with E-state index >= 15 is 0 Å². The second-order valence-corrected chi connectivity index (χ2v) is 9.34. The highest BCUT2D eigenvalue weighted by Gasteiger charge is 2.17. The van der Waals surface area contributed by atoms with Gasteiger partial charge in [0.15, 0.2) is 5.78 Å². The quantitative estimate of drug-likeness (QED) is 0.435. The van der Waals surface area contributed by atoms with E-state index in [2.05, 4.69) is 43.1 Å². The number of ketones is 1. The molecule has 1 aliphatic rings. The van der Waals surface area contributed by atoms with Gasteiger partial charge >= 0.3 is 0 Å². The largest absolute Gasteiger partial charge is 0.354 e. The summed E-state index contributed by atoms with van der Waals surface area (Å²) in [5, 5.41) is 12.3. The Balaban J connectivity index is 1.36. The molecule has 0 radical (unpaired) electrons. The minimum atomic E-state index is 0.0468. The van der Waals surface area contributed by atoms with Crippen molar-refractivity contribution in [2.24, 2.45) is 0 Å². The van der Waals surface area contributed by atoms with Gasteiger partial charge in [-0.3, -0.25) is 9.78 Å². The van der Waals surface area contributed by atoms with E-state index in [0.717, 1.165) is 64.0 Å². The highest BCUT2D eigenvalue weighted by molar-refractivity contribution is 7.14. The summed E-state index contributed by atoms with van der Waals surface area (Å²) in [5.41, 5.74) is 2.46. The number of nitrogens with zero attached hydrogens (tertiary/aromatic N) is 6. The maximum Gasteiger partial charge on any atom is 0.169 e. The average Bonchev–Trinajstić information content (AvgIpc) is 3.25. The Morgan fingerprint density at radius 2 is 1.84 bits per heavy atom. The van der Waals surface area contributed by atoms with Crippen LogP contribution in [0.15, 0.2) is 48.8 Å². The number of benzene rings is 1. The van der Waals surface area contributed by atoms with Crippen molar-refractivity contribution in [3.05, 3.63) is 65.1 Å². The van der Waals surface area contributed by atoms with Gasteiger partial charge in [0.2, 0.25) is 0 Å². The fourth-order valence-electron chi connectivity index (χ4n) is 3.90. The monoisotopic (exact) mass is 444 g/mol. The SMILES string of the molecule is Cc1nnc(-c2ccc3cnc(CC(=O)c4ccnc(N5CCN(C)CC5)c4)cc3c2)s1. The van der Waals surface area contributed by atoms with Crippen molar-refractivity contribution in [3.8, 4) is 10.6 Å². The number of anilines is 1. The van der Waals surface area contributed by atoms with Gasteiger partial charge in [-0.1, -0.05) is 23.5 Å². The first-order valence-corrected chi connectivity index (χ1v) is 11.5. The van der Waals surface area contributed by atoms with Crippen molar-refractivity contribution >= 4 is 33.7 Å². The number of hydrogen-bond donors (Lipinski definition) is 0. The lowest BCUT2D eigenvalue weighted by Gasteiger charge is -2.33. The first-order chi connectivity index (χ1) is 15.5. The van der Waals surface area contributed by atoms with E-state index in [1.54, 1.807) is 23.6 Å². The van der Waals surface area contributed by atoms with E-state index in [1.165, 1.54) is 0 Å². The number of carbonyl (C=O) groups excluding carboxylic acids is 1. The van der Waals surface area contributed by atoms with Gasteiger partial charge < -0.3 is 9.80 Å². The number of aryl methyl sites for hydroxylation is 1. The molecule has 8 heteroatoms. The normalized spacial score (nSPS) is 14.8. The number of fused-ring (bicyclic) bond motifs is 1. The molecule has 1 saturated heterocycles. The second kappa shape index (κ2) is 8.72. The predicted octanol–water partition coefficient (Wildman–Crippen LogP) is 3.63. The van der Waals surface area contributed by atoms with Crippen molar-refractivity contribution < 1.29 is 4.79 Å². The average molecular weight is 445 g/mol. The van der Waals surface area contributed by atoms with Crippen LogP contribution in [0.4, 0.5) is 5.82 Å². The minimum absolute atomic E-state index is 0.0468. The lowest BCUT2D eigenvalue weighted by Crippen LogP contribution is -2.44. The first kappa shape index (κ1) is 20.7. The zero-order valence-corrected chi connectivity index (χ0v) is 19.0. The predicted molar refractivity (Wildman–Crippen MR) is 127 cm³/mol. The van der Waals surface area contributed by atoms with Gasteiger partial charge in [0.05, 0.1) is 6.42 Å². The zero-order valence-electron chi connectivity index (χ0n) is 18.2. The molecule has 4 heterocycles. The van der Waals surface area contributed by atoms with Gasteiger partial charge in [-0.25, -0.2) is 4.98 Å². The molecular formula is C24H24N6OS. The number of piperazine rings is 1. The maximum atomic E-state index is 13.0. The van der Waals surface area contributed by atoms with Crippen LogP contribution in [-0.2, 0) is 6.42 Å². The van der Waals surface area contributed by atoms with Crippen molar-refractivity contribution in [1.29, 1.82) is 0 Å². The summed E-state index contributed by atoms with van der Waals surface area (Å²) in [7, 11) is 2.12. The summed E-state index contributed by atoms with van der Waals surface area (Å²) in [6.07, 6.45) is 3.81. The van der Waals surface area contributed by atoms with Crippen LogP contribution < -0.4 is 4.90 Å². The Bertz CT molecular complexity index is 1280. The van der Waals surface area contributed by atoms with Crippen molar-refractivity contribution in [2.75, 3.05) is 38.1 Å². The van der Waals surface area contributed by atoms with E-state index in [-0.39, 0.29) is 12.2 Å². The van der Waals surface area contributed by atoms with Crippen LogP contribution in [0, 0.1) is 6.92 Å². The van der Waals surface area contributed by atoms with Crippen LogP contribution in [0.1, 0.15) is 21.1 Å². The standard InChI is InChI=1S/C24H24N6OS/c1-16-27-28-24(32-16)18-3-4-19-15-26-21(12-20(19)11-18)14-22(31)17-5-6-25-23(13-17)30-9-7-29(2)8-10-30/h3-6,11-13,15H,7-10,14H2,1-2H3. The van der Waals surface area contributed by atoms with Crippen LogP contribution in [0.25, 0.3) is 21.3 Å². The van der Waals surface area contributed by atoms with Gasteiger partial charge in [0.25, 0.3) is 0 Å². The number of likely N-dealkylation sites (N-methyl/N-ethyl adjacent to an activating group) is 1. The van der Waals surface area contributed by atoms with Gasteiger partial charge in [0.1, 0.15) is 15.8 Å².